The van der Waals surface area contributed by atoms with E-state index >= 15 is 0 Å². The molecule has 0 atom stereocenters. The summed E-state index contributed by atoms with van der Waals surface area (Å²) in [6.45, 7) is 0.0419. The van der Waals surface area contributed by atoms with E-state index in [1.807, 2.05) is 10.8 Å². The van der Waals surface area contributed by atoms with Crippen molar-refractivity contribution >= 4 is 47.0 Å². The zero-order chi connectivity index (χ0) is 9.97. The van der Waals surface area contributed by atoms with Crippen LogP contribution in [0.3, 0.4) is 0 Å². The van der Waals surface area contributed by atoms with Crippen LogP contribution in [-0.4, -0.2) is 23.4 Å². The number of thioether (sulfide) groups is 4. The third-order valence-corrected chi connectivity index (χ3v) is 6.90. The van der Waals surface area contributed by atoms with Crippen LogP contribution in [0, 0.1) is 0 Å². The predicted molar refractivity (Wildman–Crippen MR) is 67.7 cm³/mol. The van der Waals surface area contributed by atoms with Crippen molar-refractivity contribution in [1.29, 1.82) is 0 Å². The first-order chi connectivity index (χ1) is 6.85. The monoisotopic (exact) mass is 264 g/mol. The van der Waals surface area contributed by atoms with Crippen LogP contribution in [0.15, 0.2) is 29.1 Å². The van der Waals surface area contributed by atoms with E-state index < -0.39 is 0 Å². The summed E-state index contributed by atoms with van der Waals surface area (Å²) in [6.07, 6.45) is 0. The lowest BCUT2D eigenvalue weighted by Crippen LogP contribution is -1.89. The van der Waals surface area contributed by atoms with Gasteiger partial charge in [0.25, 0.3) is 0 Å². The maximum Gasteiger partial charge on any atom is 0.0753 e. The van der Waals surface area contributed by atoms with Crippen LogP contribution < -0.4 is 0 Å². The van der Waals surface area contributed by atoms with E-state index in [1.54, 1.807) is 47.0 Å². The smallest absolute Gasteiger partial charge is 0.0753 e. The summed E-state index contributed by atoms with van der Waals surface area (Å²) in [5.41, 5.74) is 0. The van der Waals surface area contributed by atoms with Gasteiger partial charge in [-0.1, -0.05) is 47.0 Å². The highest BCUT2D eigenvalue weighted by molar-refractivity contribution is 8.33. The maximum absolute atomic E-state index is 9.07. The lowest BCUT2D eigenvalue weighted by atomic mass is 10.5. The van der Waals surface area contributed by atoms with Crippen LogP contribution >= 0.6 is 47.0 Å². The summed E-state index contributed by atoms with van der Waals surface area (Å²) in [4.78, 5) is 1.76. The summed E-state index contributed by atoms with van der Waals surface area (Å²) in [5, 5.41) is 22.2. The fourth-order valence-corrected chi connectivity index (χ4v) is 5.62. The van der Waals surface area contributed by atoms with Gasteiger partial charge in [0.1, 0.15) is 0 Å². The van der Waals surface area contributed by atoms with Crippen molar-refractivity contribution in [1.82, 2.24) is 0 Å². The first kappa shape index (κ1) is 11.0. The maximum atomic E-state index is 9.07. The Bertz CT molecular complexity index is 304. The van der Waals surface area contributed by atoms with Crippen LogP contribution in [0.2, 0.25) is 0 Å². The van der Waals surface area contributed by atoms with Crippen LogP contribution in [0.25, 0.3) is 0 Å². The fourth-order valence-electron chi connectivity index (χ4n) is 0.986. The van der Waals surface area contributed by atoms with Crippen LogP contribution in [0.4, 0.5) is 0 Å². The minimum absolute atomic E-state index is 0.0209. The Kier molecular flexibility index (Phi) is 3.98. The summed E-state index contributed by atoms with van der Waals surface area (Å²) in [7, 11) is 0. The van der Waals surface area contributed by atoms with Crippen molar-refractivity contribution in [3.63, 3.8) is 0 Å². The molecule has 0 radical (unpaired) electrons. The highest BCUT2D eigenvalue weighted by Crippen LogP contribution is 2.55. The molecule has 2 aliphatic rings. The standard InChI is InChI=1S/C8H8O2S4/c9-3-5-6(4-10)14-8(13-5)7-11-1-2-12-7/h1-2,9-10H,3-4H2. The average Bonchev–Trinajstić information content (AvgIpc) is 2.85. The number of rotatable bonds is 2. The van der Waals surface area contributed by atoms with Crippen molar-refractivity contribution in [3.8, 4) is 0 Å². The van der Waals surface area contributed by atoms with Crippen LogP contribution in [0.1, 0.15) is 0 Å². The fraction of sp³-hybridized carbons (Fsp3) is 0.250. The Morgan fingerprint density at radius 1 is 0.857 bits per heavy atom. The lowest BCUT2D eigenvalue weighted by Gasteiger charge is -1.99. The Morgan fingerprint density at radius 2 is 1.36 bits per heavy atom. The molecule has 2 heterocycles. The Labute approximate surface area is 99.3 Å². The molecule has 2 aliphatic heterocycles. The van der Waals surface area contributed by atoms with Gasteiger partial charge in [-0.05, 0) is 10.8 Å². The second-order valence-electron chi connectivity index (χ2n) is 2.45. The predicted octanol–water partition coefficient (Wildman–Crippen LogP) is 2.74. The second-order valence-corrected chi connectivity index (χ2v) is 7.01. The van der Waals surface area contributed by atoms with Gasteiger partial charge in [0.2, 0.25) is 0 Å². The number of aliphatic hydroxyl groups excluding tert-OH is 2. The number of aliphatic hydroxyl groups is 2. The minimum atomic E-state index is 0.0209. The van der Waals surface area contributed by atoms with E-state index in [0.717, 1.165) is 9.81 Å². The van der Waals surface area contributed by atoms with Gasteiger partial charge in [0.15, 0.2) is 0 Å². The molecule has 0 saturated carbocycles. The number of hydrogen-bond acceptors (Lipinski definition) is 6. The van der Waals surface area contributed by atoms with Gasteiger partial charge in [0, 0.05) is 9.81 Å². The molecule has 0 unspecified atom stereocenters. The van der Waals surface area contributed by atoms with E-state index in [-0.39, 0.29) is 13.2 Å². The average molecular weight is 264 g/mol. The van der Waals surface area contributed by atoms with Gasteiger partial charge < -0.3 is 10.2 Å². The van der Waals surface area contributed by atoms with Crippen molar-refractivity contribution in [2.45, 2.75) is 0 Å². The van der Waals surface area contributed by atoms with E-state index in [9.17, 15) is 0 Å². The molecule has 0 aromatic carbocycles. The summed E-state index contributed by atoms with van der Waals surface area (Å²) >= 11 is 6.53. The molecule has 0 fully saturated rings. The molecule has 0 spiro atoms. The van der Waals surface area contributed by atoms with Crippen molar-refractivity contribution < 1.29 is 10.2 Å². The highest BCUT2D eigenvalue weighted by atomic mass is 32.2. The quantitative estimate of drug-likeness (QED) is 0.799. The molecule has 2 rings (SSSR count). The minimum Gasteiger partial charge on any atom is -0.391 e. The molecule has 6 heteroatoms. The van der Waals surface area contributed by atoms with E-state index in [2.05, 4.69) is 0 Å². The zero-order valence-corrected chi connectivity index (χ0v) is 10.4. The third kappa shape index (κ3) is 2.20. The molecule has 0 aromatic rings. The molecule has 14 heavy (non-hydrogen) atoms. The van der Waals surface area contributed by atoms with E-state index in [4.69, 9.17) is 10.2 Å². The Hall–Kier alpha value is 0.540. The molecule has 0 saturated heterocycles. The summed E-state index contributed by atoms with van der Waals surface area (Å²) in [6, 6.07) is 0. The van der Waals surface area contributed by atoms with Crippen molar-refractivity contribution in [2.75, 3.05) is 13.2 Å². The van der Waals surface area contributed by atoms with Crippen LogP contribution in [0.5, 0.6) is 0 Å². The van der Waals surface area contributed by atoms with Gasteiger partial charge >= 0.3 is 0 Å². The molecule has 0 amide bonds. The van der Waals surface area contributed by atoms with Crippen molar-refractivity contribution in [3.05, 3.63) is 29.1 Å². The number of hydrogen-bond donors (Lipinski definition) is 2. The topological polar surface area (TPSA) is 40.5 Å². The normalized spacial score (nSPS) is 21.6. The molecule has 0 aromatic heterocycles. The van der Waals surface area contributed by atoms with Gasteiger partial charge in [-0.25, -0.2) is 0 Å². The molecular formula is C8H8O2S4. The molecular weight excluding hydrogens is 256 g/mol. The summed E-state index contributed by atoms with van der Waals surface area (Å²) < 4.78 is 2.42. The van der Waals surface area contributed by atoms with Gasteiger partial charge in [-0.15, -0.1) is 0 Å². The summed E-state index contributed by atoms with van der Waals surface area (Å²) in [5.74, 6) is 0. The zero-order valence-electron chi connectivity index (χ0n) is 7.10. The molecule has 2 nitrogen and oxygen atoms in total. The molecule has 2 N–H and O–H groups in total. The highest BCUT2D eigenvalue weighted by Gasteiger charge is 2.23. The molecule has 76 valence electrons. The first-order valence-corrected chi connectivity index (χ1v) is 7.26. The molecule has 0 bridgehead atoms. The van der Waals surface area contributed by atoms with Gasteiger partial charge in [-0.2, -0.15) is 0 Å². The van der Waals surface area contributed by atoms with E-state index in [0.29, 0.717) is 0 Å². The SMILES string of the molecule is OCC1=C(CO)SC(=C2SC=CS2)S1. The van der Waals surface area contributed by atoms with Crippen LogP contribution in [-0.2, 0) is 0 Å². The van der Waals surface area contributed by atoms with E-state index in [1.165, 1.54) is 8.47 Å². The first-order valence-electron chi connectivity index (χ1n) is 3.87. The Balaban J connectivity index is 2.14. The largest absolute Gasteiger partial charge is 0.391 e. The van der Waals surface area contributed by atoms with Gasteiger partial charge in [-0.3, -0.25) is 0 Å². The van der Waals surface area contributed by atoms with Gasteiger partial charge in [0.05, 0.1) is 21.7 Å². The Morgan fingerprint density at radius 3 is 1.79 bits per heavy atom. The third-order valence-electron chi connectivity index (χ3n) is 1.60. The molecule has 0 aliphatic carbocycles. The second kappa shape index (κ2) is 5.05. The van der Waals surface area contributed by atoms with Crippen molar-refractivity contribution in [2.24, 2.45) is 0 Å². The lowest BCUT2D eigenvalue weighted by molar-refractivity contribution is 0.324.